The van der Waals surface area contributed by atoms with Crippen molar-refractivity contribution >= 4 is 29.1 Å². The SMILES string of the molecule is O=C(CCc1ccco1)NCC(O)c1c(Cl)cccc1Cl. The van der Waals surface area contributed by atoms with E-state index in [0.29, 0.717) is 22.0 Å². The molecule has 21 heavy (non-hydrogen) atoms. The molecule has 2 aromatic rings. The fraction of sp³-hybridized carbons (Fsp3) is 0.267. The Morgan fingerprint density at radius 2 is 1.95 bits per heavy atom. The maximum absolute atomic E-state index is 11.7. The van der Waals surface area contributed by atoms with Crippen LogP contribution in [0.25, 0.3) is 0 Å². The van der Waals surface area contributed by atoms with E-state index in [9.17, 15) is 9.90 Å². The first-order valence-corrected chi connectivity index (χ1v) is 7.24. The van der Waals surface area contributed by atoms with Gasteiger partial charge in [0.05, 0.1) is 12.4 Å². The number of hydrogen-bond donors (Lipinski definition) is 2. The zero-order valence-corrected chi connectivity index (χ0v) is 12.7. The summed E-state index contributed by atoms with van der Waals surface area (Å²) in [6.07, 6.45) is 1.42. The minimum atomic E-state index is -0.946. The van der Waals surface area contributed by atoms with Gasteiger partial charge in [-0.15, -0.1) is 0 Å². The van der Waals surface area contributed by atoms with E-state index >= 15 is 0 Å². The summed E-state index contributed by atoms with van der Waals surface area (Å²) in [5.74, 6) is 0.577. The second-order valence-electron chi connectivity index (χ2n) is 4.53. The Labute approximate surface area is 132 Å². The highest BCUT2D eigenvalue weighted by atomic mass is 35.5. The van der Waals surface area contributed by atoms with E-state index < -0.39 is 6.10 Å². The van der Waals surface area contributed by atoms with Crippen LogP contribution in [0.1, 0.15) is 23.8 Å². The number of aliphatic hydroxyl groups is 1. The third kappa shape index (κ3) is 4.49. The smallest absolute Gasteiger partial charge is 0.220 e. The summed E-state index contributed by atoms with van der Waals surface area (Å²) in [5.41, 5.74) is 0.423. The van der Waals surface area contributed by atoms with Gasteiger partial charge in [-0.05, 0) is 24.3 Å². The average molecular weight is 328 g/mol. The standard InChI is InChI=1S/C15H15Cl2NO3/c16-11-4-1-5-12(17)15(11)13(19)9-18-14(20)7-6-10-3-2-8-21-10/h1-5,8,13,19H,6-7,9H2,(H,18,20). The molecule has 2 N–H and O–H groups in total. The minimum absolute atomic E-state index is 0.0560. The molecule has 1 aromatic carbocycles. The first-order chi connectivity index (χ1) is 10.1. The van der Waals surface area contributed by atoms with Crippen molar-refractivity contribution in [1.82, 2.24) is 5.32 Å². The van der Waals surface area contributed by atoms with Crippen LogP contribution in [0.2, 0.25) is 10.0 Å². The van der Waals surface area contributed by atoms with Gasteiger partial charge in [-0.2, -0.15) is 0 Å². The molecule has 0 spiro atoms. The third-order valence-electron chi connectivity index (χ3n) is 3.00. The van der Waals surface area contributed by atoms with Crippen molar-refractivity contribution in [3.63, 3.8) is 0 Å². The van der Waals surface area contributed by atoms with Crippen molar-refractivity contribution in [1.29, 1.82) is 0 Å². The molecule has 1 atom stereocenters. The molecule has 0 fully saturated rings. The van der Waals surface area contributed by atoms with Crippen molar-refractivity contribution in [2.75, 3.05) is 6.54 Å². The number of benzene rings is 1. The summed E-state index contributed by atoms with van der Waals surface area (Å²) in [7, 11) is 0. The van der Waals surface area contributed by atoms with Crippen molar-refractivity contribution in [3.05, 3.63) is 58.0 Å². The lowest BCUT2D eigenvalue weighted by Crippen LogP contribution is -2.28. The number of carbonyl (C=O) groups excluding carboxylic acids is 1. The first-order valence-electron chi connectivity index (χ1n) is 6.49. The molecule has 0 saturated heterocycles. The van der Waals surface area contributed by atoms with Gasteiger partial charge in [-0.1, -0.05) is 29.3 Å². The van der Waals surface area contributed by atoms with Crippen LogP contribution in [0.4, 0.5) is 0 Å². The van der Waals surface area contributed by atoms with Crippen LogP contribution in [0.5, 0.6) is 0 Å². The summed E-state index contributed by atoms with van der Waals surface area (Å²) in [5, 5.41) is 13.5. The Kier molecular flexibility index (Phi) is 5.67. The van der Waals surface area contributed by atoms with Gasteiger partial charge >= 0.3 is 0 Å². The Morgan fingerprint density at radius 3 is 2.57 bits per heavy atom. The lowest BCUT2D eigenvalue weighted by Gasteiger charge is -2.15. The number of nitrogens with one attached hydrogen (secondary N) is 1. The highest BCUT2D eigenvalue weighted by Gasteiger charge is 2.16. The normalized spacial score (nSPS) is 12.1. The van der Waals surface area contributed by atoms with E-state index in [4.69, 9.17) is 27.6 Å². The van der Waals surface area contributed by atoms with Crippen LogP contribution >= 0.6 is 23.2 Å². The summed E-state index contributed by atoms with van der Waals surface area (Å²) < 4.78 is 5.15. The molecule has 0 aliphatic carbocycles. The number of carbonyl (C=O) groups is 1. The first kappa shape index (κ1) is 15.9. The van der Waals surface area contributed by atoms with Crippen molar-refractivity contribution in [2.45, 2.75) is 18.9 Å². The predicted molar refractivity (Wildman–Crippen MR) is 81.5 cm³/mol. The molecule has 4 nitrogen and oxygen atoms in total. The molecule has 2 rings (SSSR count). The van der Waals surface area contributed by atoms with Gasteiger partial charge in [0.1, 0.15) is 5.76 Å². The zero-order chi connectivity index (χ0) is 15.2. The average Bonchev–Trinajstić information content (AvgIpc) is 2.96. The van der Waals surface area contributed by atoms with Gasteiger partial charge in [0.15, 0.2) is 0 Å². The quantitative estimate of drug-likeness (QED) is 0.855. The zero-order valence-electron chi connectivity index (χ0n) is 11.2. The molecular formula is C15H15Cl2NO3. The highest BCUT2D eigenvalue weighted by Crippen LogP contribution is 2.29. The molecule has 0 aliphatic heterocycles. The van der Waals surface area contributed by atoms with E-state index in [0.717, 1.165) is 5.76 Å². The fourth-order valence-electron chi connectivity index (χ4n) is 1.92. The number of halogens is 2. The van der Waals surface area contributed by atoms with Gasteiger partial charge in [0.2, 0.25) is 5.91 Å². The molecule has 112 valence electrons. The number of aliphatic hydroxyl groups excluding tert-OH is 1. The van der Waals surface area contributed by atoms with E-state index in [2.05, 4.69) is 5.32 Å². The van der Waals surface area contributed by atoms with Gasteiger partial charge in [0, 0.05) is 35.0 Å². The third-order valence-corrected chi connectivity index (χ3v) is 3.66. The number of amides is 1. The maximum Gasteiger partial charge on any atom is 0.220 e. The van der Waals surface area contributed by atoms with Crippen LogP contribution in [0.15, 0.2) is 41.0 Å². The van der Waals surface area contributed by atoms with Crippen LogP contribution in [-0.4, -0.2) is 17.6 Å². The van der Waals surface area contributed by atoms with E-state index in [1.165, 1.54) is 0 Å². The van der Waals surface area contributed by atoms with Crippen LogP contribution in [0.3, 0.4) is 0 Å². The van der Waals surface area contributed by atoms with Crippen molar-refractivity contribution < 1.29 is 14.3 Å². The highest BCUT2D eigenvalue weighted by molar-refractivity contribution is 6.36. The van der Waals surface area contributed by atoms with E-state index in [1.807, 2.05) is 6.07 Å². The summed E-state index contributed by atoms with van der Waals surface area (Å²) in [4.78, 5) is 11.7. The van der Waals surface area contributed by atoms with Crippen molar-refractivity contribution in [2.24, 2.45) is 0 Å². The molecule has 1 unspecified atom stereocenters. The van der Waals surface area contributed by atoms with Gasteiger partial charge < -0.3 is 14.8 Å². The molecule has 6 heteroatoms. The Bertz CT molecular complexity index is 579. The van der Waals surface area contributed by atoms with Gasteiger partial charge in [-0.25, -0.2) is 0 Å². The fourth-order valence-corrected chi connectivity index (χ4v) is 2.57. The molecule has 1 heterocycles. The Hall–Kier alpha value is -1.49. The Morgan fingerprint density at radius 1 is 1.24 bits per heavy atom. The van der Waals surface area contributed by atoms with E-state index in [-0.39, 0.29) is 18.9 Å². The maximum atomic E-state index is 11.7. The number of furan rings is 1. The van der Waals surface area contributed by atoms with Crippen molar-refractivity contribution in [3.8, 4) is 0 Å². The lowest BCUT2D eigenvalue weighted by atomic mass is 10.1. The van der Waals surface area contributed by atoms with E-state index in [1.54, 1.807) is 30.5 Å². The number of rotatable bonds is 6. The van der Waals surface area contributed by atoms with Crippen LogP contribution in [-0.2, 0) is 11.2 Å². The molecule has 1 aromatic heterocycles. The van der Waals surface area contributed by atoms with Crippen LogP contribution in [0, 0.1) is 0 Å². The summed E-state index contributed by atoms with van der Waals surface area (Å²) in [6.45, 7) is 0.0560. The summed E-state index contributed by atoms with van der Waals surface area (Å²) >= 11 is 12.0. The second-order valence-corrected chi connectivity index (χ2v) is 5.35. The molecule has 0 aliphatic rings. The number of hydrogen-bond acceptors (Lipinski definition) is 3. The largest absolute Gasteiger partial charge is 0.469 e. The molecule has 0 saturated carbocycles. The minimum Gasteiger partial charge on any atom is -0.469 e. The van der Waals surface area contributed by atoms with Gasteiger partial charge in [-0.3, -0.25) is 4.79 Å². The molecule has 0 bridgehead atoms. The topological polar surface area (TPSA) is 62.5 Å². The monoisotopic (exact) mass is 327 g/mol. The molecule has 0 radical (unpaired) electrons. The Balaban J connectivity index is 1.83. The molecule has 1 amide bonds. The van der Waals surface area contributed by atoms with Crippen LogP contribution < -0.4 is 5.32 Å². The lowest BCUT2D eigenvalue weighted by molar-refractivity contribution is -0.121. The molecular weight excluding hydrogens is 313 g/mol. The predicted octanol–water partition coefficient (Wildman–Crippen LogP) is 3.37. The second kappa shape index (κ2) is 7.50. The number of aryl methyl sites for hydroxylation is 1. The summed E-state index contributed by atoms with van der Waals surface area (Å²) in [6, 6.07) is 8.57. The van der Waals surface area contributed by atoms with Gasteiger partial charge in [0.25, 0.3) is 0 Å².